The highest BCUT2D eigenvalue weighted by Gasteiger charge is 2.21. The van der Waals surface area contributed by atoms with Crippen LogP contribution in [0.4, 0.5) is 0 Å². The predicted molar refractivity (Wildman–Crippen MR) is 64.5 cm³/mol. The maximum atomic E-state index is 11.3. The fourth-order valence-corrected chi connectivity index (χ4v) is 2.85. The summed E-state index contributed by atoms with van der Waals surface area (Å²) in [6.07, 6.45) is 5.02. The van der Waals surface area contributed by atoms with Gasteiger partial charge in [0, 0.05) is 0 Å². The summed E-state index contributed by atoms with van der Waals surface area (Å²) in [5, 5.41) is 0. The van der Waals surface area contributed by atoms with Crippen LogP contribution in [0.15, 0.2) is 16.7 Å². The Morgan fingerprint density at radius 3 is 2.69 bits per heavy atom. The molecule has 1 fully saturated rings. The standard InChI is InChI=1S/C12H14BrNO2/c1-16-12(15)10-7-6-9(11(13)14-10)8-4-2-3-5-8/h6-8H,2-5H2,1H3. The van der Waals surface area contributed by atoms with Crippen LogP contribution in [0.25, 0.3) is 0 Å². The number of carbonyl (C=O) groups excluding carboxylic acids is 1. The van der Waals surface area contributed by atoms with Gasteiger partial charge in [-0.25, -0.2) is 9.78 Å². The molecule has 1 aliphatic rings. The first kappa shape index (κ1) is 11.6. The number of esters is 1. The van der Waals surface area contributed by atoms with Gasteiger partial charge < -0.3 is 4.74 Å². The van der Waals surface area contributed by atoms with Gasteiger partial charge in [-0.3, -0.25) is 0 Å². The summed E-state index contributed by atoms with van der Waals surface area (Å²) in [6, 6.07) is 3.73. The number of carbonyl (C=O) groups is 1. The van der Waals surface area contributed by atoms with Gasteiger partial charge in [0.05, 0.1) is 7.11 Å². The summed E-state index contributed by atoms with van der Waals surface area (Å²) in [5.41, 5.74) is 1.57. The fraction of sp³-hybridized carbons (Fsp3) is 0.500. The minimum Gasteiger partial charge on any atom is -0.464 e. The van der Waals surface area contributed by atoms with Crippen molar-refractivity contribution in [1.29, 1.82) is 0 Å². The zero-order valence-electron chi connectivity index (χ0n) is 9.20. The number of aromatic nitrogens is 1. The monoisotopic (exact) mass is 283 g/mol. The lowest BCUT2D eigenvalue weighted by Gasteiger charge is -2.11. The molecule has 1 heterocycles. The highest BCUT2D eigenvalue weighted by molar-refractivity contribution is 9.10. The van der Waals surface area contributed by atoms with E-state index < -0.39 is 5.97 Å². The molecule has 0 amide bonds. The van der Waals surface area contributed by atoms with Crippen LogP contribution < -0.4 is 0 Å². The van der Waals surface area contributed by atoms with E-state index in [9.17, 15) is 4.79 Å². The Kier molecular flexibility index (Phi) is 3.59. The van der Waals surface area contributed by atoms with Crippen LogP contribution in [-0.4, -0.2) is 18.1 Å². The van der Waals surface area contributed by atoms with Crippen LogP contribution in [0, 0.1) is 0 Å². The van der Waals surface area contributed by atoms with E-state index in [1.807, 2.05) is 6.07 Å². The first-order valence-electron chi connectivity index (χ1n) is 5.47. The van der Waals surface area contributed by atoms with Gasteiger partial charge in [-0.2, -0.15) is 0 Å². The van der Waals surface area contributed by atoms with E-state index in [2.05, 4.69) is 25.7 Å². The molecule has 4 heteroatoms. The third kappa shape index (κ3) is 2.26. The first-order chi connectivity index (χ1) is 7.72. The summed E-state index contributed by atoms with van der Waals surface area (Å²) < 4.78 is 5.41. The Morgan fingerprint density at radius 1 is 1.44 bits per heavy atom. The van der Waals surface area contributed by atoms with Gasteiger partial charge in [-0.15, -0.1) is 0 Å². The normalized spacial score (nSPS) is 16.4. The molecular weight excluding hydrogens is 270 g/mol. The van der Waals surface area contributed by atoms with E-state index in [0.717, 1.165) is 4.60 Å². The van der Waals surface area contributed by atoms with Crippen molar-refractivity contribution in [3.8, 4) is 0 Å². The van der Waals surface area contributed by atoms with Crippen molar-refractivity contribution in [3.63, 3.8) is 0 Å². The van der Waals surface area contributed by atoms with Gasteiger partial charge >= 0.3 is 5.97 Å². The maximum absolute atomic E-state index is 11.3. The van der Waals surface area contributed by atoms with Crippen LogP contribution in [0.2, 0.25) is 0 Å². The van der Waals surface area contributed by atoms with Gasteiger partial charge in [0.1, 0.15) is 10.3 Å². The Balaban J connectivity index is 2.25. The van der Waals surface area contributed by atoms with Crippen LogP contribution in [0.1, 0.15) is 47.7 Å². The van der Waals surface area contributed by atoms with Gasteiger partial charge in [-0.05, 0) is 46.3 Å². The summed E-state index contributed by atoms with van der Waals surface area (Å²) in [7, 11) is 1.36. The predicted octanol–water partition coefficient (Wildman–Crippen LogP) is 3.29. The Bertz CT molecular complexity index is 400. The van der Waals surface area contributed by atoms with Crippen molar-refractivity contribution in [2.24, 2.45) is 0 Å². The molecule has 1 aromatic rings. The van der Waals surface area contributed by atoms with Gasteiger partial charge in [-0.1, -0.05) is 18.9 Å². The third-order valence-corrected chi connectivity index (χ3v) is 3.70. The zero-order valence-corrected chi connectivity index (χ0v) is 10.8. The van der Waals surface area contributed by atoms with Crippen LogP contribution >= 0.6 is 15.9 Å². The molecule has 0 saturated heterocycles. The van der Waals surface area contributed by atoms with Crippen LogP contribution in [0.3, 0.4) is 0 Å². The van der Waals surface area contributed by atoms with Crippen molar-refractivity contribution in [1.82, 2.24) is 4.98 Å². The number of hydrogen-bond donors (Lipinski definition) is 0. The lowest BCUT2D eigenvalue weighted by Crippen LogP contribution is -2.06. The molecule has 0 aliphatic heterocycles. The molecule has 0 unspecified atom stereocenters. The number of pyridine rings is 1. The smallest absolute Gasteiger partial charge is 0.356 e. The van der Waals surface area contributed by atoms with E-state index in [-0.39, 0.29) is 0 Å². The molecular formula is C12H14BrNO2. The second-order valence-corrected chi connectivity index (χ2v) is 4.80. The van der Waals surface area contributed by atoms with Crippen LogP contribution in [-0.2, 0) is 4.74 Å². The average Bonchev–Trinajstić information content (AvgIpc) is 2.81. The minimum absolute atomic E-state index is 0.358. The van der Waals surface area contributed by atoms with Crippen LogP contribution in [0.5, 0.6) is 0 Å². The molecule has 0 radical (unpaired) electrons. The summed E-state index contributed by atoms with van der Waals surface area (Å²) in [5.74, 6) is 0.201. The molecule has 0 N–H and O–H groups in total. The highest BCUT2D eigenvalue weighted by Crippen LogP contribution is 2.36. The zero-order chi connectivity index (χ0) is 11.5. The molecule has 2 rings (SSSR count). The molecule has 86 valence electrons. The minimum atomic E-state index is -0.390. The lowest BCUT2D eigenvalue weighted by molar-refractivity contribution is 0.0594. The largest absolute Gasteiger partial charge is 0.464 e. The van der Waals surface area contributed by atoms with Crippen molar-refractivity contribution in [3.05, 3.63) is 28.0 Å². The highest BCUT2D eigenvalue weighted by atomic mass is 79.9. The lowest BCUT2D eigenvalue weighted by atomic mass is 9.99. The van der Waals surface area contributed by atoms with Gasteiger partial charge in [0.25, 0.3) is 0 Å². The maximum Gasteiger partial charge on any atom is 0.356 e. The molecule has 0 atom stereocenters. The molecule has 1 saturated carbocycles. The number of methoxy groups -OCH3 is 1. The van der Waals surface area contributed by atoms with Crippen molar-refractivity contribution in [2.75, 3.05) is 7.11 Å². The van der Waals surface area contributed by atoms with Crippen molar-refractivity contribution in [2.45, 2.75) is 31.6 Å². The number of halogens is 1. The Hall–Kier alpha value is -0.900. The van der Waals surface area contributed by atoms with E-state index in [1.54, 1.807) is 6.07 Å². The van der Waals surface area contributed by atoms with Gasteiger partial charge in [0.2, 0.25) is 0 Å². The fourth-order valence-electron chi connectivity index (χ4n) is 2.20. The van der Waals surface area contributed by atoms with Crippen molar-refractivity contribution < 1.29 is 9.53 Å². The van der Waals surface area contributed by atoms with E-state index in [4.69, 9.17) is 0 Å². The average molecular weight is 284 g/mol. The Labute approximate surface area is 103 Å². The SMILES string of the molecule is COC(=O)c1ccc(C2CCCC2)c(Br)n1. The molecule has 1 aromatic heterocycles. The number of ether oxygens (including phenoxy) is 1. The quantitative estimate of drug-likeness (QED) is 0.618. The topological polar surface area (TPSA) is 39.2 Å². The van der Waals surface area contributed by atoms with Gasteiger partial charge in [0.15, 0.2) is 0 Å². The summed E-state index contributed by atoms with van der Waals surface area (Å²) >= 11 is 3.44. The molecule has 16 heavy (non-hydrogen) atoms. The second kappa shape index (κ2) is 4.95. The van der Waals surface area contributed by atoms with E-state index in [0.29, 0.717) is 11.6 Å². The summed E-state index contributed by atoms with van der Waals surface area (Å²) in [6.45, 7) is 0. The first-order valence-corrected chi connectivity index (χ1v) is 6.26. The van der Waals surface area contributed by atoms with Crippen molar-refractivity contribution >= 4 is 21.9 Å². The Morgan fingerprint density at radius 2 is 2.12 bits per heavy atom. The summed E-state index contributed by atoms with van der Waals surface area (Å²) in [4.78, 5) is 15.5. The van der Waals surface area contributed by atoms with E-state index in [1.165, 1.54) is 38.4 Å². The molecule has 3 nitrogen and oxygen atoms in total. The molecule has 1 aliphatic carbocycles. The second-order valence-electron chi connectivity index (χ2n) is 4.05. The number of rotatable bonds is 2. The van der Waals surface area contributed by atoms with E-state index >= 15 is 0 Å². The molecule has 0 spiro atoms. The molecule has 0 bridgehead atoms. The number of nitrogens with zero attached hydrogens (tertiary/aromatic N) is 1. The third-order valence-electron chi connectivity index (χ3n) is 3.07. The molecule has 0 aromatic carbocycles. The number of hydrogen-bond acceptors (Lipinski definition) is 3.